The van der Waals surface area contributed by atoms with Gasteiger partial charge in [0.1, 0.15) is 0 Å². The molecule has 0 spiro atoms. The van der Waals surface area contributed by atoms with Crippen molar-refractivity contribution in [2.24, 2.45) is 0 Å². The first-order valence-corrected chi connectivity index (χ1v) is 11.8. The standard InChI is InChI=1S/C26H29N3S/c1-28(25-10-4-8-22-9-5-16-27-26(22)25)18-20-11-13-24(14-12-20)30-29-17-15-21-6-2-3-7-23(21)19-29/h2-3,5-7,9,11-14,16,25H,4,8,10,15,17-19H2,1H3. The van der Waals surface area contributed by atoms with E-state index in [9.17, 15) is 0 Å². The van der Waals surface area contributed by atoms with Gasteiger partial charge in [-0.05, 0) is 85.1 Å². The zero-order valence-electron chi connectivity index (χ0n) is 17.6. The normalized spacial score (nSPS) is 18.8. The first-order valence-electron chi connectivity index (χ1n) is 11.0. The van der Waals surface area contributed by atoms with Crippen molar-refractivity contribution in [3.8, 4) is 0 Å². The molecule has 0 fully saturated rings. The van der Waals surface area contributed by atoms with E-state index in [1.807, 2.05) is 18.1 Å². The number of aryl methyl sites for hydroxylation is 1. The van der Waals surface area contributed by atoms with Gasteiger partial charge in [0, 0.05) is 30.7 Å². The fourth-order valence-corrected chi connectivity index (χ4v) is 5.71. The number of nitrogens with zero attached hydrogens (tertiary/aromatic N) is 3. The van der Waals surface area contributed by atoms with Crippen LogP contribution in [0.1, 0.15) is 46.8 Å². The van der Waals surface area contributed by atoms with Crippen molar-refractivity contribution in [1.29, 1.82) is 0 Å². The molecular formula is C26H29N3S. The molecule has 0 bridgehead atoms. The molecule has 1 aromatic heterocycles. The Hall–Kier alpha value is -2.14. The van der Waals surface area contributed by atoms with E-state index in [0.29, 0.717) is 6.04 Å². The van der Waals surface area contributed by atoms with Gasteiger partial charge in [0.05, 0.1) is 11.7 Å². The monoisotopic (exact) mass is 415 g/mol. The van der Waals surface area contributed by atoms with Crippen LogP contribution >= 0.6 is 11.9 Å². The Morgan fingerprint density at radius 2 is 1.77 bits per heavy atom. The van der Waals surface area contributed by atoms with Crippen LogP contribution in [-0.4, -0.2) is 27.8 Å². The lowest BCUT2D eigenvalue weighted by Gasteiger charge is -2.32. The van der Waals surface area contributed by atoms with Crippen LogP contribution in [0.3, 0.4) is 0 Å². The lowest BCUT2D eigenvalue weighted by Crippen LogP contribution is -2.28. The van der Waals surface area contributed by atoms with Crippen LogP contribution in [0.4, 0.5) is 0 Å². The SMILES string of the molecule is CN(Cc1ccc(SN2CCc3ccccc3C2)cc1)C1CCCc2cccnc21. The second-order valence-corrected chi connectivity index (χ2v) is 9.66. The van der Waals surface area contributed by atoms with Crippen molar-refractivity contribution in [2.45, 2.75) is 49.7 Å². The van der Waals surface area contributed by atoms with Crippen LogP contribution in [-0.2, 0) is 25.9 Å². The average molecular weight is 416 g/mol. The molecule has 1 unspecified atom stereocenters. The third-order valence-electron chi connectivity index (χ3n) is 6.38. The third-order valence-corrected chi connectivity index (χ3v) is 7.44. The van der Waals surface area contributed by atoms with E-state index in [1.165, 1.54) is 52.1 Å². The maximum absolute atomic E-state index is 4.71. The van der Waals surface area contributed by atoms with Gasteiger partial charge < -0.3 is 0 Å². The molecule has 0 N–H and O–H groups in total. The molecule has 1 atom stereocenters. The molecule has 30 heavy (non-hydrogen) atoms. The zero-order chi connectivity index (χ0) is 20.3. The molecule has 0 amide bonds. The highest BCUT2D eigenvalue weighted by Crippen LogP contribution is 2.33. The van der Waals surface area contributed by atoms with Gasteiger partial charge in [0.15, 0.2) is 0 Å². The molecule has 0 radical (unpaired) electrons. The summed E-state index contributed by atoms with van der Waals surface area (Å²) in [6.45, 7) is 3.10. The van der Waals surface area contributed by atoms with Crippen LogP contribution in [0.5, 0.6) is 0 Å². The van der Waals surface area contributed by atoms with Crippen LogP contribution < -0.4 is 0 Å². The van der Waals surface area contributed by atoms with Crippen molar-refractivity contribution >= 4 is 11.9 Å². The number of aromatic nitrogens is 1. The third kappa shape index (κ3) is 4.31. The molecule has 2 heterocycles. The van der Waals surface area contributed by atoms with Crippen molar-refractivity contribution in [3.63, 3.8) is 0 Å². The van der Waals surface area contributed by atoms with Gasteiger partial charge in [-0.3, -0.25) is 9.88 Å². The number of benzene rings is 2. The molecule has 2 aliphatic rings. The molecule has 154 valence electrons. The molecule has 1 aliphatic carbocycles. The lowest BCUT2D eigenvalue weighted by atomic mass is 9.91. The highest BCUT2D eigenvalue weighted by molar-refractivity contribution is 7.97. The molecule has 4 heteroatoms. The summed E-state index contributed by atoms with van der Waals surface area (Å²) in [5.74, 6) is 0. The fourth-order valence-electron chi connectivity index (χ4n) is 4.76. The van der Waals surface area contributed by atoms with Crippen molar-refractivity contribution in [3.05, 3.63) is 94.8 Å². The van der Waals surface area contributed by atoms with Crippen LogP contribution in [0, 0.1) is 0 Å². The van der Waals surface area contributed by atoms with E-state index in [0.717, 1.165) is 26.1 Å². The summed E-state index contributed by atoms with van der Waals surface area (Å²) >= 11 is 1.88. The molecule has 3 aromatic rings. The molecule has 1 aliphatic heterocycles. The van der Waals surface area contributed by atoms with Gasteiger partial charge in [-0.25, -0.2) is 4.31 Å². The van der Waals surface area contributed by atoms with Gasteiger partial charge in [-0.1, -0.05) is 42.5 Å². The van der Waals surface area contributed by atoms with Gasteiger partial charge >= 0.3 is 0 Å². The molecule has 5 rings (SSSR count). The minimum absolute atomic E-state index is 0.428. The Kier molecular flexibility index (Phi) is 5.89. The van der Waals surface area contributed by atoms with Crippen LogP contribution in [0.15, 0.2) is 71.8 Å². The lowest BCUT2D eigenvalue weighted by molar-refractivity contribution is 0.208. The van der Waals surface area contributed by atoms with Crippen LogP contribution in [0.25, 0.3) is 0 Å². The first-order chi connectivity index (χ1) is 14.8. The Labute approximate surface area is 184 Å². The minimum Gasteiger partial charge on any atom is -0.294 e. The quantitative estimate of drug-likeness (QED) is 0.501. The summed E-state index contributed by atoms with van der Waals surface area (Å²) < 4.78 is 2.48. The van der Waals surface area contributed by atoms with Gasteiger partial charge in [0.25, 0.3) is 0 Å². The number of fused-ring (bicyclic) bond motifs is 2. The second kappa shape index (κ2) is 8.93. The van der Waals surface area contributed by atoms with Crippen molar-refractivity contribution in [2.75, 3.05) is 13.6 Å². The average Bonchev–Trinajstić information content (AvgIpc) is 2.80. The van der Waals surface area contributed by atoms with E-state index < -0.39 is 0 Å². The number of hydrogen-bond donors (Lipinski definition) is 0. The van der Waals surface area contributed by atoms with Gasteiger partial charge in [-0.2, -0.15) is 0 Å². The summed E-state index contributed by atoms with van der Waals surface area (Å²) in [6, 6.07) is 22.7. The van der Waals surface area contributed by atoms with Crippen molar-refractivity contribution < 1.29 is 0 Å². The van der Waals surface area contributed by atoms with E-state index in [2.05, 4.69) is 76.9 Å². The van der Waals surface area contributed by atoms with E-state index in [-0.39, 0.29) is 0 Å². The topological polar surface area (TPSA) is 19.4 Å². The van der Waals surface area contributed by atoms with E-state index >= 15 is 0 Å². The van der Waals surface area contributed by atoms with E-state index in [1.54, 1.807) is 0 Å². The highest BCUT2D eigenvalue weighted by Gasteiger charge is 2.25. The maximum atomic E-state index is 4.71. The molecule has 3 nitrogen and oxygen atoms in total. The van der Waals surface area contributed by atoms with Gasteiger partial charge in [-0.15, -0.1) is 0 Å². The number of rotatable bonds is 5. The van der Waals surface area contributed by atoms with Crippen LogP contribution in [0.2, 0.25) is 0 Å². The predicted octanol–water partition coefficient (Wildman–Crippen LogP) is 5.66. The van der Waals surface area contributed by atoms with Gasteiger partial charge in [0.2, 0.25) is 0 Å². The molecule has 2 aromatic carbocycles. The maximum Gasteiger partial charge on any atom is 0.0607 e. The minimum atomic E-state index is 0.428. The zero-order valence-corrected chi connectivity index (χ0v) is 18.4. The Balaban J connectivity index is 1.21. The molecule has 0 saturated heterocycles. The summed E-state index contributed by atoms with van der Waals surface area (Å²) in [6.07, 6.45) is 6.70. The smallest absolute Gasteiger partial charge is 0.0607 e. The largest absolute Gasteiger partial charge is 0.294 e. The summed E-state index contributed by atoms with van der Waals surface area (Å²) in [4.78, 5) is 8.50. The summed E-state index contributed by atoms with van der Waals surface area (Å²) in [7, 11) is 2.24. The highest BCUT2D eigenvalue weighted by atomic mass is 32.2. The molecular weight excluding hydrogens is 386 g/mol. The Morgan fingerprint density at radius 1 is 0.967 bits per heavy atom. The second-order valence-electron chi connectivity index (χ2n) is 8.49. The summed E-state index contributed by atoms with van der Waals surface area (Å²) in [5.41, 5.74) is 7.05. The first kappa shape index (κ1) is 19.8. The fraction of sp³-hybridized carbons (Fsp3) is 0.346. The number of hydrogen-bond acceptors (Lipinski definition) is 4. The Bertz CT molecular complexity index is 1000. The Morgan fingerprint density at radius 3 is 2.63 bits per heavy atom. The van der Waals surface area contributed by atoms with E-state index in [4.69, 9.17) is 4.98 Å². The van der Waals surface area contributed by atoms with Crippen molar-refractivity contribution in [1.82, 2.24) is 14.2 Å². The summed E-state index contributed by atoms with van der Waals surface area (Å²) in [5, 5.41) is 0. The number of pyridine rings is 1. The molecule has 0 saturated carbocycles. The predicted molar refractivity (Wildman–Crippen MR) is 124 cm³/mol.